The minimum Gasteiger partial charge on any atom is -0.372 e. The molecule has 2 saturated heterocycles. The Kier molecular flexibility index (Phi) is 5.68. The fourth-order valence-corrected chi connectivity index (χ4v) is 4.14. The Morgan fingerprint density at radius 2 is 1.57 bits per heavy atom. The molecule has 6 heteroatoms. The predicted octanol–water partition coefficient (Wildman–Crippen LogP) is 4.13. The SMILES string of the molecule is Cc1ccc(N2C(=O)/C(=C\c3ccc(N4CCCCC4)cc3)C(=O)NC2=S)cc1C. The summed E-state index contributed by atoms with van der Waals surface area (Å²) in [6.07, 6.45) is 5.35. The van der Waals surface area contributed by atoms with E-state index in [1.54, 1.807) is 6.08 Å². The Balaban J connectivity index is 1.61. The summed E-state index contributed by atoms with van der Waals surface area (Å²) >= 11 is 5.29. The average Bonchev–Trinajstić information content (AvgIpc) is 2.74. The van der Waals surface area contributed by atoms with Gasteiger partial charge in [-0.15, -0.1) is 0 Å². The second kappa shape index (κ2) is 8.40. The first-order valence-corrected chi connectivity index (χ1v) is 10.7. The van der Waals surface area contributed by atoms with Crippen molar-refractivity contribution in [1.29, 1.82) is 0 Å². The zero-order chi connectivity index (χ0) is 21.3. The molecule has 0 unspecified atom stereocenters. The van der Waals surface area contributed by atoms with Crippen molar-refractivity contribution in [3.63, 3.8) is 0 Å². The number of rotatable bonds is 3. The fourth-order valence-electron chi connectivity index (χ4n) is 3.86. The summed E-state index contributed by atoms with van der Waals surface area (Å²) in [5, 5.41) is 2.75. The number of piperidine rings is 1. The van der Waals surface area contributed by atoms with Crippen molar-refractivity contribution in [2.24, 2.45) is 0 Å². The Morgan fingerprint density at radius 3 is 2.23 bits per heavy atom. The monoisotopic (exact) mass is 419 g/mol. The van der Waals surface area contributed by atoms with Gasteiger partial charge in [-0.25, -0.2) is 0 Å². The number of hydrogen-bond donors (Lipinski definition) is 1. The molecule has 2 aromatic carbocycles. The molecule has 0 radical (unpaired) electrons. The first-order chi connectivity index (χ1) is 14.4. The molecule has 2 heterocycles. The molecule has 30 heavy (non-hydrogen) atoms. The fraction of sp³-hybridized carbons (Fsp3) is 0.292. The highest BCUT2D eigenvalue weighted by Crippen LogP contribution is 2.25. The third-order valence-electron chi connectivity index (χ3n) is 5.78. The number of thiocarbonyl (C=S) groups is 1. The summed E-state index contributed by atoms with van der Waals surface area (Å²) in [5.74, 6) is -0.877. The van der Waals surface area contributed by atoms with Gasteiger partial charge in [-0.2, -0.15) is 0 Å². The van der Waals surface area contributed by atoms with Crippen LogP contribution in [-0.4, -0.2) is 30.0 Å². The van der Waals surface area contributed by atoms with Crippen molar-refractivity contribution in [1.82, 2.24) is 5.32 Å². The zero-order valence-electron chi connectivity index (χ0n) is 17.3. The van der Waals surface area contributed by atoms with Gasteiger partial charge < -0.3 is 4.90 Å². The van der Waals surface area contributed by atoms with Crippen LogP contribution in [0.15, 0.2) is 48.0 Å². The molecule has 0 aliphatic carbocycles. The van der Waals surface area contributed by atoms with Crippen LogP contribution in [0.2, 0.25) is 0 Å². The molecule has 0 saturated carbocycles. The van der Waals surface area contributed by atoms with Crippen LogP contribution >= 0.6 is 12.2 Å². The predicted molar refractivity (Wildman–Crippen MR) is 125 cm³/mol. The van der Waals surface area contributed by atoms with Crippen molar-refractivity contribution in [3.05, 3.63) is 64.7 Å². The third-order valence-corrected chi connectivity index (χ3v) is 6.06. The molecule has 2 aliphatic rings. The first kappa shape index (κ1) is 20.3. The van der Waals surface area contributed by atoms with Gasteiger partial charge in [-0.1, -0.05) is 18.2 Å². The topological polar surface area (TPSA) is 52.7 Å². The van der Waals surface area contributed by atoms with Crippen LogP contribution < -0.4 is 15.1 Å². The molecule has 2 aromatic rings. The number of carbonyl (C=O) groups is 2. The van der Waals surface area contributed by atoms with E-state index in [1.165, 1.54) is 29.8 Å². The second-order valence-electron chi connectivity index (χ2n) is 7.87. The lowest BCUT2D eigenvalue weighted by molar-refractivity contribution is -0.122. The van der Waals surface area contributed by atoms with Gasteiger partial charge in [-0.3, -0.25) is 19.8 Å². The molecular weight excluding hydrogens is 394 g/mol. The summed E-state index contributed by atoms with van der Waals surface area (Å²) in [7, 11) is 0. The molecule has 2 amide bonds. The molecule has 1 N–H and O–H groups in total. The Hall–Kier alpha value is -2.99. The van der Waals surface area contributed by atoms with E-state index < -0.39 is 11.8 Å². The highest BCUT2D eigenvalue weighted by Gasteiger charge is 2.34. The minimum atomic E-state index is -0.467. The van der Waals surface area contributed by atoms with Gasteiger partial charge in [0.25, 0.3) is 11.8 Å². The summed E-state index contributed by atoms with van der Waals surface area (Å²) in [6.45, 7) is 6.14. The Labute approximate surface area is 182 Å². The number of anilines is 2. The highest BCUT2D eigenvalue weighted by molar-refractivity contribution is 7.80. The number of amides is 2. The summed E-state index contributed by atoms with van der Waals surface area (Å²) in [5.41, 5.74) is 4.89. The van der Waals surface area contributed by atoms with E-state index >= 15 is 0 Å². The molecule has 0 bridgehead atoms. The minimum absolute atomic E-state index is 0.0764. The molecule has 5 nitrogen and oxygen atoms in total. The quantitative estimate of drug-likeness (QED) is 0.462. The number of hydrogen-bond acceptors (Lipinski definition) is 4. The van der Waals surface area contributed by atoms with Crippen LogP contribution in [0.5, 0.6) is 0 Å². The van der Waals surface area contributed by atoms with Gasteiger partial charge in [-0.05, 0) is 92.4 Å². The molecule has 0 atom stereocenters. The second-order valence-corrected chi connectivity index (χ2v) is 8.25. The number of nitrogens with one attached hydrogen (secondary N) is 1. The van der Waals surface area contributed by atoms with E-state index in [1.807, 2.05) is 44.2 Å². The van der Waals surface area contributed by atoms with Gasteiger partial charge >= 0.3 is 0 Å². The van der Waals surface area contributed by atoms with E-state index in [0.29, 0.717) is 5.69 Å². The maximum atomic E-state index is 13.2. The summed E-state index contributed by atoms with van der Waals surface area (Å²) in [6, 6.07) is 13.7. The van der Waals surface area contributed by atoms with Crippen molar-refractivity contribution in [2.45, 2.75) is 33.1 Å². The molecule has 2 aliphatic heterocycles. The lowest BCUT2D eigenvalue weighted by Gasteiger charge is -2.29. The highest BCUT2D eigenvalue weighted by atomic mass is 32.1. The van der Waals surface area contributed by atoms with Crippen LogP contribution in [0.4, 0.5) is 11.4 Å². The number of nitrogens with zero attached hydrogens (tertiary/aromatic N) is 2. The van der Waals surface area contributed by atoms with Gasteiger partial charge in [0, 0.05) is 18.8 Å². The maximum absolute atomic E-state index is 13.2. The van der Waals surface area contributed by atoms with Crippen LogP contribution in [0.1, 0.15) is 36.0 Å². The van der Waals surface area contributed by atoms with E-state index in [-0.39, 0.29) is 10.7 Å². The largest absolute Gasteiger partial charge is 0.372 e. The molecule has 4 rings (SSSR count). The van der Waals surface area contributed by atoms with Crippen LogP contribution in [0.3, 0.4) is 0 Å². The van der Waals surface area contributed by atoms with Crippen LogP contribution in [0, 0.1) is 13.8 Å². The maximum Gasteiger partial charge on any atom is 0.270 e. The molecule has 0 spiro atoms. The standard InChI is InChI=1S/C24H25N3O2S/c1-16-6-9-20(14-17(16)2)27-23(29)21(22(28)25-24(27)30)15-18-7-10-19(11-8-18)26-12-4-3-5-13-26/h6-11,14-15H,3-5,12-13H2,1-2H3,(H,25,28,30)/b21-15-. The van der Waals surface area contributed by atoms with Gasteiger partial charge in [0.2, 0.25) is 0 Å². The zero-order valence-corrected chi connectivity index (χ0v) is 18.1. The van der Waals surface area contributed by atoms with E-state index in [0.717, 1.165) is 29.8 Å². The van der Waals surface area contributed by atoms with Crippen molar-refractivity contribution < 1.29 is 9.59 Å². The van der Waals surface area contributed by atoms with Crippen LogP contribution in [-0.2, 0) is 9.59 Å². The van der Waals surface area contributed by atoms with E-state index in [4.69, 9.17) is 12.2 Å². The lowest BCUT2D eigenvalue weighted by Crippen LogP contribution is -2.54. The van der Waals surface area contributed by atoms with E-state index in [9.17, 15) is 9.59 Å². The molecule has 2 fully saturated rings. The van der Waals surface area contributed by atoms with Crippen molar-refractivity contribution in [2.75, 3.05) is 22.9 Å². The third kappa shape index (κ3) is 4.00. The van der Waals surface area contributed by atoms with Gasteiger partial charge in [0.05, 0.1) is 5.69 Å². The lowest BCUT2D eigenvalue weighted by atomic mass is 10.0. The van der Waals surface area contributed by atoms with Crippen LogP contribution in [0.25, 0.3) is 6.08 Å². The number of benzene rings is 2. The normalized spacial score (nSPS) is 18.7. The number of aryl methyl sites for hydroxylation is 2. The molecule has 154 valence electrons. The van der Waals surface area contributed by atoms with Gasteiger partial charge in [0.1, 0.15) is 5.57 Å². The Bertz CT molecular complexity index is 1040. The molecular formula is C24H25N3O2S. The van der Waals surface area contributed by atoms with Crippen molar-refractivity contribution in [3.8, 4) is 0 Å². The number of carbonyl (C=O) groups excluding carboxylic acids is 2. The molecule has 0 aromatic heterocycles. The Morgan fingerprint density at radius 1 is 0.900 bits per heavy atom. The average molecular weight is 420 g/mol. The van der Waals surface area contributed by atoms with E-state index in [2.05, 4.69) is 22.3 Å². The summed E-state index contributed by atoms with van der Waals surface area (Å²) in [4.78, 5) is 29.4. The summed E-state index contributed by atoms with van der Waals surface area (Å²) < 4.78 is 0. The van der Waals surface area contributed by atoms with Crippen molar-refractivity contribution >= 4 is 46.6 Å². The smallest absolute Gasteiger partial charge is 0.270 e. The first-order valence-electron chi connectivity index (χ1n) is 10.3. The van der Waals surface area contributed by atoms with Gasteiger partial charge in [0.15, 0.2) is 5.11 Å².